The number of hydrogen-bond donors (Lipinski definition) is 2. The first-order chi connectivity index (χ1) is 14.5. The first kappa shape index (κ1) is 22.5. The van der Waals surface area contributed by atoms with E-state index in [1.54, 1.807) is 24.3 Å². The molecule has 4 rings (SSSR count). The van der Waals surface area contributed by atoms with Gasteiger partial charge in [0, 0.05) is 15.6 Å². The minimum Gasteiger partial charge on any atom is -0.485 e. The molecule has 0 atom stereocenters. The fourth-order valence-electron chi connectivity index (χ4n) is 2.89. The normalized spacial score (nSPS) is 10.5. The molecule has 0 saturated heterocycles. The molecular weight excluding hydrogens is 439 g/mol. The lowest BCUT2D eigenvalue weighted by Gasteiger charge is -2.14. The maximum atomic E-state index is 11.4. The molecule has 0 spiro atoms. The minimum absolute atomic E-state index is 0. The van der Waals surface area contributed by atoms with Crippen LogP contribution in [-0.4, -0.2) is 21.0 Å². The van der Waals surface area contributed by atoms with Crippen LogP contribution < -0.4 is 9.47 Å². The Bertz CT molecular complexity index is 1190. The van der Waals surface area contributed by atoms with Crippen LogP contribution in [0.1, 0.15) is 29.2 Å². The molecule has 160 valence electrons. The summed E-state index contributed by atoms with van der Waals surface area (Å²) in [5.41, 5.74) is 2.55. The summed E-state index contributed by atoms with van der Waals surface area (Å²) in [6, 6.07) is 17.2. The summed E-state index contributed by atoms with van der Waals surface area (Å²) in [4.78, 5) is 19.0. The highest BCUT2D eigenvalue weighted by Gasteiger charge is 2.13. The molecule has 2 N–H and O–H groups in total. The molecule has 0 saturated carbocycles. The number of para-hydroxylation sites is 2. The third kappa shape index (κ3) is 5.29. The lowest BCUT2D eigenvalue weighted by Crippen LogP contribution is -2.04. The lowest BCUT2D eigenvalue weighted by molar-refractivity contribution is 0.0696. The second-order valence-corrected chi connectivity index (χ2v) is 7.32. The van der Waals surface area contributed by atoms with Crippen molar-refractivity contribution < 1.29 is 19.4 Å². The number of aromatic carboxylic acids is 1. The summed E-state index contributed by atoms with van der Waals surface area (Å²) < 4.78 is 11.7. The van der Waals surface area contributed by atoms with Gasteiger partial charge in [-0.3, -0.25) is 0 Å². The molecule has 0 amide bonds. The molecular formula is C23H20Cl2N2O4. The number of ether oxygens (including phenoxy) is 2. The molecule has 6 nitrogen and oxygen atoms in total. The van der Waals surface area contributed by atoms with Gasteiger partial charge in [0.2, 0.25) is 0 Å². The van der Waals surface area contributed by atoms with Crippen molar-refractivity contribution in [2.45, 2.75) is 20.6 Å². The number of benzene rings is 3. The fourth-order valence-corrected chi connectivity index (χ4v) is 3.35. The molecule has 4 aromatic rings. The molecule has 1 aromatic heterocycles. The van der Waals surface area contributed by atoms with Crippen LogP contribution in [0.4, 0.5) is 0 Å². The van der Waals surface area contributed by atoms with E-state index in [1.165, 1.54) is 12.1 Å². The minimum atomic E-state index is -1.06. The van der Waals surface area contributed by atoms with Gasteiger partial charge in [-0.25, -0.2) is 9.78 Å². The second kappa shape index (κ2) is 9.73. The second-order valence-electron chi connectivity index (χ2n) is 6.48. The molecule has 31 heavy (non-hydrogen) atoms. The van der Waals surface area contributed by atoms with E-state index in [0.717, 1.165) is 11.0 Å². The van der Waals surface area contributed by atoms with E-state index < -0.39 is 5.97 Å². The van der Waals surface area contributed by atoms with Crippen molar-refractivity contribution in [1.82, 2.24) is 9.97 Å². The molecule has 0 unspecified atom stereocenters. The predicted molar refractivity (Wildman–Crippen MR) is 121 cm³/mol. The number of aromatic amines is 1. The van der Waals surface area contributed by atoms with Gasteiger partial charge < -0.3 is 19.6 Å². The number of H-pyrrole nitrogens is 1. The Kier molecular flexibility index (Phi) is 7.05. The number of carboxylic acids is 1. The molecule has 0 fully saturated rings. The van der Waals surface area contributed by atoms with Crippen LogP contribution in [0.2, 0.25) is 10.0 Å². The predicted octanol–water partition coefficient (Wildman–Crippen LogP) is 6.36. The van der Waals surface area contributed by atoms with Gasteiger partial charge >= 0.3 is 5.97 Å². The number of carbonyl (C=O) groups is 1. The Labute approximate surface area is 189 Å². The summed E-state index contributed by atoms with van der Waals surface area (Å²) in [6.45, 7) is 0.291. The maximum Gasteiger partial charge on any atom is 0.335 e. The highest BCUT2D eigenvalue weighted by atomic mass is 35.5. The van der Waals surface area contributed by atoms with Crippen molar-refractivity contribution in [2.24, 2.45) is 0 Å². The quantitative estimate of drug-likeness (QED) is 0.336. The highest BCUT2D eigenvalue weighted by Crippen LogP contribution is 2.31. The monoisotopic (exact) mass is 458 g/mol. The Morgan fingerprint density at radius 2 is 1.74 bits per heavy atom. The van der Waals surface area contributed by atoms with Crippen molar-refractivity contribution in [3.63, 3.8) is 0 Å². The summed E-state index contributed by atoms with van der Waals surface area (Å²) in [5, 5.41) is 10.3. The zero-order valence-corrected chi connectivity index (χ0v) is 17.1. The molecule has 0 aliphatic carbocycles. The molecule has 3 aromatic carbocycles. The Hall–Kier alpha value is -3.22. The Morgan fingerprint density at radius 3 is 2.48 bits per heavy atom. The number of hydrogen-bond acceptors (Lipinski definition) is 4. The van der Waals surface area contributed by atoms with Gasteiger partial charge in [0.1, 0.15) is 19.0 Å². The van der Waals surface area contributed by atoms with Gasteiger partial charge in [-0.15, -0.1) is 0 Å². The molecule has 0 bridgehead atoms. The van der Waals surface area contributed by atoms with Crippen molar-refractivity contribution in [2.75, 3.05) is 0 Å². The number of halogens is 2. The average Bonchev–Trinajstić information content (AvgIpc) is 3.15. The Balaban J connectivity index is 0.00000272. The number of imidazole rings is 1. The third-order valence-corrected chi connectivity index (χ3v) is 4.98. The van der Waals surface area contributed by atoms with Gasteiger partial charge in [-0.05, 0) is 42.5 Å². The molecule has 0 aliphatic heterocycles. The SMILES string of the molecule is C.O=C(O)c1ccc(OCc2nc3ccccc3[nH]2)c(OCc2ccc(Cl)cc2Cl)c1. The zero-order chi connectivity index (χ0) is 21.1. The van der Waals surface area contributed by atoms with E-state index in [0.29, 0.717) is 27.2 Å². The number of carboxylic acid groups (broad SMARTS) is 1. The largest absolute Gasteiger partial charge is 0.485 e. The fraction of sp³-hybridized carbons (Fsp3) is 0.130. The zero-order valence-electron chi connectivity index (χ0n) is 15.6. The standard InChI is InChI=1S/C22H16Cl2N2O4.CH4/c23-15-7-5-14(16(24)10-15)11-29-20-9-13(22(27)28)6-8-19(20)30-12-21-25-17-3-1-2-4-18(17)26-21;/h1-10H,11-12H2,(H,25,26)(H,27,28);1H4. The van der Waals surface area contributed by atoms with Crippen LogP contribution in [0, 0.1) is 0 Å². The summed E-state index contributed by atoms with van der Waals surface area (Å²) in [7, 11) is 0. The van der Waals surface area contributed by atoms with Crippen molar-refractivity contribution in [3.8, 4) is 11.5 Å². The molecule has 8 heteroatoms. The lowest BCUT2D eigenvalue weighted by atomic mass is 10.2. The number of fused-ring (bicyclic) bond motifs is 1. The van der Waals surface area contributed by atoms with Gasteiger partial charge in [-0.2, -0.15) is 0 Å². The van der Waals surface area contributed by atoms with E-state index in [-0.39, 0.29) is 32.0 Å². The van der Waals surface area contributed by atoms with Gasteiger partial charge in [-0.1, -0.05) is 48.8 Å². The highest BCUT2D eigenvalue weighted by molar-refractivity contribution is 6.35. The Morgan fingerprint density at radius 1 is 0.968 bits per heavy atom. The summed E-state index contributed by atoms with van der Waals surface area (Å²) >= 11 is 12.1. The van der Waals surface area contributed by atoms with E-state index in [1.807, 2.05) is 24.3 Å². The van der Waals surface area contributed by atoms with Crippen molar-refractivity contribution >= 4 is 40.2 Å². The van der Waals surface area contributed by atoms with Crippen LogP contribution >= 0.6 is 23.2 Å². The van der Waals surface area contributed by atoms with Crippen LogP contribution in [0.5, 0.6) is 11.5 Å². The van der Waals surface area contributed by atoms with E-state index in [2.05, 4.69) is 9.97 Å². The van der Waals surface area contributed by atoms with Gasteiger partial charge in [0.15, 0.2) is 11.5 Å². The van der Waals surface area contributed by atoms with Gasteiger partial charge in [0.05, 0.1) is 16.6 Å². The first-order valence-corrected chi connectivity index (χ1v) is 9.75. The number of nitrogens with zero attached hydrogens (tertiary/aromatic N) is 1. The van der Waals surface area contributed by atoms with E-state index in [9.17, 15) is 9.90 Å². The van der Waals surface area contributed by atoms with Crippen LogP contribution in [0.25, 0.3) is 11.0 Å². The third-order valence-electron chi connectivity index (χ3n) is 4.39. The van der Waals surface area contributed by atoms with E-state index >= 15 is 0 Å². The molecule has 0 radical (unpaired) electrons. The number of rotatable bonds is 7. The van der Waals surface area contributed by atoms with Crippen LogP contribution in [-0.2, 0) is 13.2 Å². The average molecular weight is 459 g/mol. The first-order valence-electron chi connectivity index (χ1n) is 9.00. The van der Waals surface area contributed by atoms with Gasteiger partial charge in [0.25, 0.3) is 0 Å². The smallest absolute Gasteiger partial charge is 0.335 e. The topological polar surface area (TPSA) is 84.4 Å². The number of aromatic nitrogens is 2. The van der Waals surface area contributed by atoms with Crippen molar-refractivity contribution in [1.29, 1.82) is 0 Å². The maximum absolute atomic E-state index is 11.4. The van der Waals surface area contributed by atoms with Crippen LogP contribution in [0.15, 0.2) is 60.7 Å². The molecule has 1 heterocycles. The summed E-state index contributed by atoms with van der Waals surface area (Å²) in [5.74, 6) is 0.265. The molecule has 0 aliphatic rings. The van der Waals surface area contributed by atoms with E-state index in [4.69, 9.17) is 32.7 Å². The van der Waals surface area contributed by atoms with Crippen molar-refractivity contribution in [3.05, 3.63) is 87.7 Å². The summed E-state index contributed by atoms with van der Waals surface area (Å²) in [6.07, 6.45) is 0. The number of nitrogens with one attached hydrogen (secondary N) is 1. The van der Waals surface area contributed by atoms with Crippen LogP contribution in [0.3, 0.4) is 0 Å².